The molecule has 1 rings (SSSR count). The molecule has 0 aromatic heterocycles. The average molecular weight is 277 g/mol. The Balaban J connectivity index is 2.46. The van der Waals surface area contributed by atoms with Crippen LogP contribution in [0.25, 0.3) is 0 Å². The molecule has 106 valence electrons. The van der Waals surface area contributed by atoms with Crippen molar-refractivity contribution in [3.63, 3.8) is 0 Å². The van der Waals surface area contributed by atoms with Crippen molar-refractivity contribution in [3.05, 3.63) is 0 Å². The first-order valence-corrected chi connectivity index (χ1v) is 7.98. The van der Waals surface area contributed by atoms with Crippen molar-refractivity contribution in [3.8, 4) is 0 Å². The molecular formula is C12H23NO4S. The van der Waals surface area contributed by atoms with Gasteiger partial charge in [-0.25, -0.2) is 8.42 Å². The molecule has 0 radical (unpaired) electrons. The minimum atomic E-state index is -3.58. The van der Waals surface area contributed by atoms with E-state index in [-0.39, 0.29) is 23.7 Å². The first-order chi connectivity index (χ1) is 8.18. The predicted molar refractivity (Wildman–Crippen MR) is 69.6 cm³/mol. The van der Waals surface area contributed by atoms with E-state index in [1.54, 1.807) is 0 Å². The molecule has 1 N–H and O–H groups in total. The Labute approximate surface area is 109 Å². The van der Waals surface area contributed by atoms with Gasteiger partial charge in [-0.3, -0.25) is 9.52 Å². The Hall–Kier alpha value is -0.620. The van der Waals surface area contributed by atoms with E-state index in [2.05, 4.69) is 4.72 Å². The van der Waals surface area contributed by atoms with Gasteiger partial charge in [-0.05, 0) is 24.7 Å². The van der Waals surface area contributed by atoms with Crippen LogP contribution in [0, 0.1) is 5.41 Å². The van der Waals surface area contributed by atoms with Crippen molar-refractivity contribution in [2.75, 3.05) is 12.4 Å². The van der Waals surface area contributed by atoms with Crippen molar-refractivity contribution < 1.29 is 17.9 Å². The maximum absolute atomic E-state index is 11.8. The number of carbonyl (C=O) groups is 1. The number of sulfonamides is 1. The molecule has 0 aromatic carbocycles. The second-order valence-corrected chi connectivity index (χ2v) is 7.80. The lowest BCUT2D eigenvalue weighted by molar-refractivity contribution is -0.121. The number of rotatable bonds is 4. The van der Waals surface area contributed by atoms with Gasteiger partial charge in [0.05, 0.1) is 11.9 Å². The summed E-state index contributed by atoms with van der Waals surface area (Å²) in [6, 6.07) is 0. The van der Waals surface area contributed by atoms with Gasteiger partial charge in [0.15, 0.2) is 0 Å². The van der Waals surface area contributed by atoms with E-state index < -0.39 is 15.9 Å². The molecule has 1 amide bonds. The molecule has 1 saturated heterocycles. The maximum Gasteiger partial charge on any atom is 0.237 e. The number of carbonyl (C=O) groups excluding carboxylic acids is 1. The van der Waals surface area contributed by atoms with Crippen LogP contribution in [-0.2, 0) is 19.6 Å². The highest BCUT2D eigenvalue weighted by Crippen LogP contribution is 2.18. The van der Waals surface area contributed by atoms with E-state index in [0.717, 1.165) is 19.3 Å². The topological polar surface area (TPSA) is 72.5 Å². The lowest BCUT2D eigenvalue weighted by Crippen LogP contribution is -2.39. The molecule has 0 spiro atoms. The van der Waals surface area contributed by atoms with Crippen LogP contribution in [-0.4, -0.2) is 32.8 Å². The standard InChI is InChI=1S/C12H23NO4S/c1-12(2,3)8-11(14)13-18(15,16)9-10-6-4-5-7-17-10/h10H,4-9H2,1-3H3,(H,13,14)/t10-/m0/s1. The molecule has 0 aliphatic carbocycles. The monoisotopic (exact) mass is 277 g/mol. The highest BCUT2D eigenvalue weighted by atomic mass is 32.2. The fourth-order valence-corrected chi connectivity index (χ4v) is 3.17. The summed E-state index contributed by atoms with van der Waals surface area (Å²) in [5, 5.41) is 0. The molecule has 0 bridgehead atoms. The lowest BCUT2D eigenvalue weighted by atomic mass is 9.92. The van der Waals surface area contributed by atoms with Crippen LogP contribution >= 0.6 is 0 Å². The van der Waals surface area contributed by atoms with E-state index in [9.17, 15) is 13.2 Å². The number of amides is 1. The third-order valence-electron chi connectivity index (χ3n) is 2.64. The summed E-state index contributed by atoms with van der Waals surface area (Å²) in [6.45, 7) is 6.28. The Kier molecular flexibility index (Phi) is 5.16. The smallest absolute Gasteiger partial charge is 0.237 e. The lowest BCUT2D eigenvalue weighted by Gasteiger charge is -2.23. The summed E-state index contributed by atoms with van der Waals surface area (Å²) in [5.41, 5.74) is -0.221. The predicted octanol–water partition coefficient (Wildman–Crippen LogP) is 1.44. The van der Waals surface area contributed by atoms with Crippen molar-refractivity contribution in [2.45, 2.75) is 52.6 Å². The second kappa shape index (κ2) is 6.02. The van der Waals surface area contributed by atoms with Crippen LogP contribution in [0.5, 0.6) is 0 Å². The molecule has 1 heterocycles. The summed E-state index contributed by atoms with van der Waals surface area (Å²) in [6.07, 6.45) is 2.62. The summed E-state index contributed by atoms with van der Waals surface area (Å²) >= 11 is 0. The molecule has 5 nitrogen and oxygen atoms in total. The van der Waals surface area contributed by atoms with Crippen molar-refractivity contribution >= 4 is 15.9 Å². The number of nitrogens with one attached hydrogen (secondary N) is 1. The van der Waals surface area contributed by atoms with Crippen molar-refractivity contribution in [1.82, 2.24) is 4.72 Å². The third kappa shape index (κ3) is 6.35. The fraction of sp³-hybridized carbons (Fsp3) is 0.917. The Morgan fingerprint density at radius 3 is 2.50 bits per heavy atom. The molecule has 0 unspecified atom stereocenters. The van der Waals surface area contributed by atoms with E-state index in [0.29, 0.717) is 6.61 Å². The van der Waals surface area contributed by atoms with Crippen LogP contribution in [0.15, 0.2) is 0 Å². The number of hydrogen-bond donors (Lipinski definition) is 1. The van der Waals surface area contributed by atoms with Gasteiger partial charge in [0.25, 0.3) is 0 Å². The van der Waals surface area contributed by atoms with Crippen LogP contribution in [0.3, 0.4) is 0 Å². The fourth-order valence-electron chi connectivity index (χ4n) is 1.92. The zero-order valence-electron chi connectivity index (χ0n) is 11.4. The first kappa shape index (κ1) is 15.4. The Morgan fingerprint density at radius 1 is 1.33 bits per heavy atom. The molecule has 1 fully saturated rings. The Bertz CT molecular complexity index is 377. The largest absolute Gasteiger partial charge is 0.377 e. The minimum absolute atomic E-state index is 0.122. The first-order valence-electron chi connectivity index (χ1n) is 6.33. The minimum Gasteiger partial charge on any atom is -0.377 e. The van der Waals surface area contributed by atoms with Crippen LogP contribution in [0.1, 0.15) is 46.5 Å². The van der Waals surface area contributed by atoms with Crippen LogP contribution in [0.4, 0.5) is 0 Å². The molecule has 0 aromatic rings. The normalized spacial score (nSPS) is 21.6. The van der Waals surface area contributed by atoms with Crippen molar-refractivity contribution in [1.29, 1.82) is 0 Å². The van der Waals surface area contributed by atoms with Crippen molar-refractivity contribution in [2.24, 2.45) is 5.41 Å². The van der Waals surface area contributed by atoms with Gasteiger partial charge in [-0.15, -0.1) is 0 Å². The molecular weight excluding hydrogens is 254 g/mol. The molecule has 1 aliphatic heterocycles. The quantitative estimate of drug-likeness (QED) is 0.844. The van der Waals surface area contributed by atoms with Gasteiger partial charge >= 0.3 is 0 Å². The molecule has 6 heteroatoms. The third-order valence-corrected chi connectivity index (χ3v) is 3.99. The highest BCUT2D eigenvalue weighted by molar-refractivity contribution is 7.90. The number of hydrogen-bond acceptors (Lipinski definition) is 4. The van der Waals surface area contributed by atoms with Gasteiger partial charge in [-0.1, -0.05) is 20.8 Å². The van der Waals surface area contributed by atoms with Gasteiger partial charge < -0.3 is 4.74 Å². The van der Waals surface area contributed by atoms with Gasteiger partial charge in [0, 0.05) is 13.0 Å². The van der Waals surface area contributed by atoms with Gasteiger partial charge in [0.2, 0.25) is 15.9 Å². The van der Waals surface area contributed by atoms with E-state index in [4.69, 9.17) is 4.74 Å². The van der Waals surface area contributed by atoms with Gasteiger partial charge in [-0.2, -0.15) is 0 Å². The summed E-state index contributed by atoms with van der Waals surface area (Å²) in [5.74, 6) is -0.568. The summed E-state index contributed by atoms with van der Waals surface area (Å²) in [7, 11) is -3.58. The summed E-state index contributed by atoms with van der Waals surface area (Å²) < 4.78 is 31.0. The van der Waals surface area contributed by atoms with E-state index >= 15 is 0 Å². The average Bonchev–Trinajstić information content (AvgIpc) is 2.13. The van der Waals surface area contributed by atoms with E-state index in [1.807, 2.05) is 20.8 Å². The SMILES string of the molecule is CC(C)(C)CC(=O)NS(=O)(=O)C[C@@H]1CCCCO1. The molecule has 18 heavy (non-hydrogen) atoms. The summed E-state index contributed by atoms with van der Waals surface area (Å²) in [4.78, 5) is 11.6. The second-order valence-electron chi connectivity index (χ2n) is 6.03. The van der Waals surface area contributed by atoms with Crippen LogP contribution in [0.2, 0.25) is 0 Å². The zero-order chi connectivity index (χ0) is 13.8. The Morgan fingerprint density at radius 2 is 2.00 bits per heavy atom. The number of ether oxygens (including phenoxy) is 1. The molecule has 1 aliphatic rings. The maximum atomic E-state index is 11.8. The molecule has 1 atom stereocenters. The van der Waals surface area contributed by atoms with E-state index in [1.165, 1.54) is 0 Å². The zero-order valence-corrected chi connectivity index (χ0v) is 12.2. The molecule has 0 saturated carbocycles. The highest BCUT2D eigenvalue weighted by Gasteiger charge is 2.25. The van der Waals surface area contributed by atoms with Gasteiger partial charge in [0.1, 0.15) is 0 Å². The van der Waals surface area contributed by atoms with Crippen LogP contribution < -0.4 is 4.72 Å².